The van der Waals surface area contributed by atoms with Gasteiger partial charge in [0.15, 0.2) is 5.82 Å². The number of nitrogen functional groups attached to an aromatic ring is 1. The Balaban J connectivity index is 2.27. The largest absolute Gasteiger partial charge is 0.573 e. The molecular weight excluding hydrogens is 264 g/mol. The molecule has 19 heavy (non-hydrogen) atoms. The van der Waals surface area contributed by atoms with Crippen LogP contribution in [0.15, 0.2) is 36.5 Å². The summed E-state index contributed by atoms with van der Waals surface area (Å²) in [4.78, 5) is 3.79. The van der Waals surface area contributed by atoms with Crippen molar-refractivity contribution in [1.82, 2.24) is 4.98 Å². The Morgan fingerprint density at radius 1 is 1.11 bits per heavy atom. The first-order chi connectivity index (χ1) is 8.85. The van der Waals surface area contributed by atoms with Crippen molar-refractivity contribution in [3.05, 3.63) is 42.3 Å². The summed E-state index contributed by atoms with van der Waals surface area (Å²) in [6, 6.07) is 5.81. The number of nitrogens with zero attached hydrogens (tertiary/aromatic N) is 1. The number of halogens is 4. The van der Waals surface area contributed by atoms with E-state index in [2.05, 4.69) is 9.72 Å². The summed E-state index contributed by atoms with van der Waals surface area (Å²) < 4.78 is 53.2. The number of anilines is 1. The maximum atomic E-state index is 13.6. The first-order valence-corrected chi connectivity index (χ1v) is 5.12. The predicted molar refractivity (Wildman–Crippen MR) is 60.7 cm³/mol. The van der Waals surface area contributed by atoms with Crippen LogP contribution in [-0.4, -0.2) is 11.3 Å². The highest BCUT2D eigenvalue weighted by molar-refractivity contribution is 5.62. The molecule has 2 N–H and O–H groups in total. The highest BCUT2D eigenvalue weighted by atomic mass is 19.4. The molecule has 1 aromatic carbocycles. The van der Waals surface area contributed by atoms with E-state index < -0.39 is 12.2 Å². The first kappa shape index (κ1) is 13.1. The number of ether oxygens (including phenoxy) is 1. The van der Waals surface area contributed by atoms with Crippen molar-refractivity contribution >= 4 is 5.69 Å². The molecule has 0 fully saturated rings. The van der Waals surface area contributed by atoms with E-state index in [-0.39, 0.29) is 17.1 Å². The Kier molecular flexibility index (Phi) is 3.28. The van der Waals surface area contributed by atoms with Crippen molar-refractivity contribution in [2.75, 3.05) is 5.73 Å². The lowest BCUT2D eigenvalue weighted by molar-refractivity contribution is -0.274. The monoisotopic (exact) mass is 272 g/mol. The Morgan fingerprint density at radius 2 is 1.74 bits per heavy atom. The van der Waals surface area contributed by atoms with Gasteiger partial charge in [-0.25, -0.2) is 4.39 Å². The number of alkyl halides is 3. The summed E-state index contributed by atoms with van der Waals surface area (Å²) in [5.41, 5.74) is 5.85. The van der Waals surface area contributed by atoms with E-state index in [0.29, 0.717) is 5.56 Å². The molecule has 0 aliphatic heterocycles. The molecule has 0 bridgehead atoms. The van der Waals surface area contributed by atoms with Crippen molar-refractivity contribution in [3.63, 3.8) is 0 Å². The van der Waals surface area contributed by atoms with Gasteiger partial charge in [-0.05, 0) is 24.3 Å². The highest BCUT2D eigenvalue weighted by Crippen LogP contribution is 2.27. The van der Waals surface area contributed by atoms with Crippen LogP contribution < -0.4 is 10.5 Å². The molecular formula is C12H8F4N2O. The van der Waals surface area contributed by atoms with Gasteiger partial charge in [0.05, 0.1) is 11.9 Å². The minimum atomic E-state index is -4.76. The van der Waals surface area contributed by atoms with Gasteiger partial charge in [0.2, 0.25) is 0 Å². The quantitative estimate of drug-likeness (QED) is 0.853. The Labute approximate surface area is 105 Å². The van der Waals surface area contributed by atoms with E-state index in [1.807, 2.05) is 0 Å². The summed E-state index contributed by atoms with van der Waals surface area (Å²) in [5.74, 6) is -1.03. The number of pyridine rings is 1. The number of rotatable bonds is 2. The molecule has 3 nitrogen and oxygen atoms in total. The molecule has 2 rings (SSSR count). The zero-order valence-corrected chi connectivity index (χ0v) is 9.41. The molecule has 7 heteroatoms. The summed E-state index contributed by atoms with van der Waals surface area (Å²) in [6.45, 7) is 0. The number of benzene rings is 1. The van der Waals surface area contributed by atoms with Gasteiger partial charge in [-0.3, -0.25) is 4.98 Å². The maximum Gasteiger partial charge on any atom is 0.573 e. The summed E-state index contributed by atoms with van der Waals surface area (Å²) in [6.07, 6.45) is -3.50. The zero-order chi connectivity index (χ0) is 14.0. The molecule has 0 unspecified atom stereocenters. The SMILES string of the molecule is Nc1cnc(-c2ccc(OC(F)(F)F)cc2)c(F)c1. The van der Waals surface area contributed by atoms with Crippen LogP contribution in [0.3, 0.4) is 0 Å². The van der Waals surface area contributed by atoms with Crippen LogP contribution in [0, 0.1) is 5.82 Å². The van der Waals surface area contributed by atoms with Crippen LogP contribution in [0.25, 0.3) is 11.3 Å². The van der Waals surface area contributed by atoms with Gasteiger partial charge < -0.3 is 10.5 Å². The lowest BCUT2D eigenvalue weighted by Crippen LogP contribution is -2.16. The third-order valence-electron chi connectivity index (χ3n) is 2.22. The van der Waals surface area contributed by atoms with Gasteiger partial charge in [-0.2, -0.15) is 0 Å². The van der Waals surface area contributed by atoms with E-state index in [4.69, 9.17) is 5.73 Å². The molecule has 0 saturated heterocycles. The van der Waals surface area contributed by atoms with Crippen LogP contribution in [0.5, 0.6) is 5.75 Å². The van der Waals surface area contributed by atoms with Gasteiger partial charge in [-0.1, -0.05) is 0 Å². The average Bonchev–Trinajstić information content (AvgIpc) is 2.28. The van der Waals surface area contributed by atoms with Crippen LogP contribution in [0.2, 0.25) is 0 Å². The number of hydrogen-bond acceptors (Lipinski definition) is 3. The Hall–Kier alpha value is -2.31. The molecule has 0 aliphatic rings. The second-order valence-electron chi connectivity index (χ2n) is 3.67. The topological polar surface area (TPSA) is 48.1 Å². The molecule has 2 aromatic rings. The lowest BCUT2D eigenvalue weighted by atomic mass is 10.1. The van der Waals surface area contributed by atoms with Crippen LogP contribution in [0.1, 0.15) is 0 Å². The molecule has 0 amide bonds. The van der Waals surface area contributed by atoms with Crippen LogP contribution in [-0.2, 0) is 0 Å². The zero-order valence-electron chi connectivity index (χ0n) is 9.41. The molecule has 0 spiro atoms. The van der Waals surface area contributed by atoms with E-state index in [9.17, 15) is 17.6 Å². The first-order valence-electron chi connectivity index (χ1n) is 5.12. The molecule has 0 atom stereocenters. The van der Waals surface area contributed by atoms with Gasteiger partial charge in [0.1, 0.15) is 11.4 Å². The van der Waals surface area contributed by atoms with Gasteiger partial charge in [0.25, 0.3) is 0 Å². The van der Waals surface area contributed by atoms with Crippen molar-refractivity contribution in [3.8, 4) is 17.0 Å². The smallest absolute Gasteiger partial charge is 0.406 e. The molecule has 0 radical (unpaired) electrons. The summed E-state index contributed by atoms with van der Waals surface area (Å²) in [7, 11) is 0. The van der Waals surface area contributed by atoms with Crippen LogP contribution in [0.4, 0.5) is 23.2 Å². The highest BCUT2D eigenvalue weighted by Gasteiger charge is 2.31. The van der Waals surface area contributed by atoms with E-state index in [0.717, 1.165) is 18.2 Å². The third-order valence-corrected chi connectivity index (χ3v) is 2.22. The average molecular weight is 272 g/mol. The second kappa shape index (κ2) is 4.75. The van der Waals surface area contributed by atoms with Crippen molar-refractivity contribution in [2.45, 2.75) is 6.36 Å². The fraction of sp³-hybridized carbons (Fsp3) is 0.0833. The van der Waals surface area contributed by atoms with Crippen molar-refractivity contribution in [2.24, 2.45) is 0 Å². The van der Waals surface area contributed by atoms with Crippen molar-refractivity contribution < 1.29 is 22.3 Å². The molecule has 0 aliphatic carbocycles. The molecule has 1 heterocycles. The predicted octanol–water partition coefficient (Wildman–Crippen LogP) is 3.37. The number of nitrogens with two attached hydrogens (primary N) is 1. The number of aromatic nitrogens is 1. The van der Waals surface area contributed by atoms with E-state index >= 15 is 0 Å². The number of hydrogen-bond donors (Lipinski definition) is 1. The lowest BCUT2D eigenvalue weighted by Gasteiger charge is -2.09. The fourth-order valence-corrected chi connectivity index (χ4v) is 1.48. The summed E-state index contributed by atoms with van der Waals surface area (Å²) in [5, 5.41) is 0. The van der Waals surface area contributed by atoms with E-state index in [1.54, 1.807) is 0 Å². The minimum Gasteiger partial charge on any atom is -0.406 e. The molecule has 0 saturated carbocycles. The van der Waals surface area contributed by atoms with Crippen molar-refractivity contribution in [1.29, 1.82) is 0 Å². The Bertz CT molecular complexity index is 581. The minimum absolute atomic E-state index is 0.00718. The van der Waals surface area contributed by atoms with Crippen LogP contribution >= 0.6 is 0 Å². The normalized spacial score (nSPS) is 11.4. The third kappa shape index (κ3) is 3.34. The molecule has 1 aromatic heterocycles. The Morgan fingerprint density at radius 3 is 2.26 bits per heavy atom. The fourth-order valence-electron chi connectivity index (χ4n) is 1.48. The second-order valence-corrected chi connectivity index (χ2v) is 3.67. The standard InChI is InChI=1S/C12H8F4N2O/c13-10-5-8(17)6-18-11(10)7-1-3-9(4-2-7)19-12(14,15)16/h1-6H,17H2. The van der Waals surface area contributed by atoms with Gasteiger partial charge in [0, 0.05) is 11.6 Å². The van der Waals surface area contributed by atoms with E-state index in [1.165, 1.54) is 18.3 Å². The summed E-state index contributed by atoms with van der Waals surface area (Å²) >= 11 is 0. The van der Waals surface area contributed by atoms with Gasteiger partial charge in [-0.15, -0.1) is 13.2 Å². The van der Waals surface area contributed by atoms with Gasteiger partial charge >= 0.3 is 6.36 Å². The molecule has 100 valence electrons. The maximum absolute atomic E-state index is 13.6.